The van der Waals surface area contributed by atoms with Gasteiger partial charge in [0.15, 0.2) is 0 Å². The largest absolute Gasteiger partial charge is 0.248 e. The van der Waals surface area contributed by atoms with E-state index in [-0.39, 0.29) is 5.41 Å². The lowest BCUT2D eigenvalue weighted by Crippen LogP contribution is -2.32. The van der Waals surface area contributed by atoms with Gasteiger partial charge in [-0.15, -0.1) is 0 Å². The molecule has 0 saturated heterocycles. The lowest BCUT2D eigenvalue weighted by Gasteiger charge is -2.40. The molecule has 0 fully saturated rings. The molecule has 0 amide bonds. The average Bonchev–Trinajstić information content (AvgIpc) is 3.57. The van der Waals surface area contributed by atoms with Gasteiger partial charge in [-0.25, -0.2) is 4.98 Å². The van der Waals surface area contributed by atoms with Gasteiger partial charge in [0.05, 0.1) is 16.8 Å². The second-order valence-corrected chi connectivity index (χ2v) is 16.2. The molecule has 0 bridgehead atoms. The molecule has 0 saturated carbocycles. The number of pyridine rings is 1. The van der Waals surface area contributed by atoms with E-state index >= 15 is 0 Å². The van der Waals surface area contributed by atoms with Gasteiger partial charge in [-0.05, 0) is 116 Å². The van der Waals surface area contributed by atoms with Crippen LogP contribution in [-0.2, 0) is 5.41 Å². The summed E-state index contributed by atoms with van der Waals surface area (Å²) in [6.45, 7) is 2.24. The Labute approximate surface area is 338 Å². The van der Waals surface area contributed by atoms with Crippen LogP contribution in [0.3, 0.4) is 0 Å². The first-order valence-electron chi connectivity index (χ1n) is 19.6. The minimum absolute atomic E-state index is 0.385. The summed E-state index contributed by atoms with van der Waals surface area (Å²) >= 11 is 1.89. The number of hydrogen-bond donors (Lipinski definition) is 0. The summed E-state index contributed by atoms with van der Waals surface area (Å²) in [6.07, 6.45) is 0. The van der Waals surface area contributed by atoms with Gasteiger partial charge in [0.1, 0.15) is 0 Å². The molecule has 2 heteroatoms. The Hall–Kier alpha value is -6.74. The highest BCUT2D eigenvalue weighted by Crippen LogP contribution is 2.62. The number of hydrogen-bond acceptors (Lipinski definition) is 2. The summed E-state index contributed by atoms with van der Waals surface area (Å²) in [5, 5.41) is 0. The standard InChI is InChI=1S/C55H37NS/c1-36-31-40(27-29-44(36)42-20-14-19-39(32-42)43-34-51(37-15-4-2-5-16-37)56-52(35-43)38-17-6-3-7-18-38)41-28-30-54-50(33-41)55(49-25-12-13-26-53(49)57-54)47-23-10-8-21-45(47)46-22-9-11-24-48(46)55/h2-35H,1H3. The Morgan fingerprint density at radius 1 is 0.333 bits per heavy atom. The molecule has 268 valence electrons. The van der Waals surface area contributed by atoms with Crippen LogP contribution in [0.2, 0.25) is 0 Å². The van der Waals surface area contributed by atoms with E-state index < -0.39 is 0 Å². The average molecular weight is 744 g/mol. The van der Waals surface area contributed by atoms with E-state index in [1.165, 1.54) is 76.6 Å². The van der Waals surface area contributed by atoms with Crippen molar-refractivity contribution in [1.29, 1.82) is 0 Å². The van der Waals surface area contributed by atoms with E-state index in [2.05, 4.69) is 213 Å². The van der Waals surface area contributed by atoms with Gasteiger partial charge >= 0.3 is 0 Å². The van der Waals surface area contributed by atoms with Crippen molar-refractivity contribution in [3.8, 4) is 67.0 Å². The maximum Gasteiger partial charge on any atom is 0.0735 e. The molecule has 0 radical (unpaired) electrons. The van der Waals surface area contributed by atoms with Gasteiger partial charge in [0, 0.05) is 20.9 Å². The summed E-state index contributed by atoms with van der Waals surface area (Å²) in [5.41, 5.74) is 20.3. The molecular weight excluding hydrogens is 707 g/mol. The lowest BCUT2D eigenvalue weighted by atomic mass is 9.67. The van der Waals surface area contributed by atoms with Crippen molar-refractivity contribution in [2.24, 2.45) is 0 Å². The molecule has 1 aliphatic carbocycles. The fourth-order valence-corrected chi connectivity index (χ4v) is 10.5. The topological polar surface area (TPSA) is 12.9 Å². The molecule has 9 aromatic rings. The van der Waals surface area contributed by atoms with Crippen LogP contribution in [0, 0.1) is 6.92 Å². The fourth-order valence-electron chi connectivity index (χ4n) is 9.28. The molecule has 1 aromatic heterocycles. The Morgan fingerprint density at radius 3 is 1.51 bits per heavy atom. The number of rotatable bonds is 5. The predicted octanol–water partition coefficient (Wildman–Crippen LogP) is 14.6. The Morgan fingerprint density at radius 2 is 0.842 bits per heavy atom. The lowest BCUT2D eigenvalue weighted by molar-refractivity contribution is 0.723. The first-order chi connectivity index (χ1) is 28.1. The first kappa shape index (κ1) is 33.6. The molecule has 1 spiro atoms. The molecule has 1 nitrogen and oxygen atoms in total. The van der Waals surface area contributed by atoms with E-state index in [0.717, 1.165) is 28.1 Å². The van der Waals surface area contributed by atoms with Crippen molar-refractivity contribution in [3.63, 3.8) is 0 Å². The zero-order valence-electron chi connectivity index (χ0n) is 31.5. The third kappa shape index (κ3) is 5.44. The van der Waals surface area contributed by atoms with Crippen LogP contribution in [0.1, 0.15) is 27.8 Å². The molecule has 0 N–H and O–H groups in total. The van der Waals surface area contributed by atoms with E-state index in [1.54, 1.807) is 0 Å². The van der Waals surface area contributed by atoms with Gasteiger partial charge in [-0.3, -0.25) is 0 Å². The van der Waals surface area contributed by atoms with E-state index in [9.17, 15) is 0 Å². The second-order valence-electron chi connectivity index (χ2n) is 15.1. The third-order valence-electron chi connectivity index (χ3n) is 11.9. The van der Waals surface area contributed by atoms with E-state index in [0.29, 0.717) is 0 Å². The zero-order valence-corrected chi connectivity index (χ0v) is 32.3. The molecule has 1 aliphatic heterocycles. The van der Waals surface area contributed by atoms with Crippen molar-refractivity contribution < 1.29 is 0 Å². The van der Waals surface area contributed by atoms with Crippen LogP contribution in [0.5, 0.6) is 0 Å². The first-order valence-corrected chi connectivity index (χ1v) is 20.4. The highest BCUT2D eigenvalue weighted by molar-refractivity contribution is 7.99. The Kier molecular flexibility index (Phi) is 7.94. The van der Waals surface area contributed by atoms with Crippen molar-refractivity contribution in [2.75, 3.05) is 0 Å². The summed E-state index contributed by atoms with van der Waals surface area (Å²) in [6, 6.07) is 75.5. The number of nitrogens with zero attached hydrogens (tertiary/aromatic N) is 1. The van der Waals surface area contributed by atoms with Crippen LogP contribution >= 0.6 is 11.8 Å². The minimum atomic E-state index is -0.385. The van der Waals surface area contributed by atoms with Crippen molar-refractivity contribution in [2.45, 2.75) is 22.1 Å². The van der Waals surface area contributed by atoms with Crippen LogP contribution in [0.15, 0.2) is 216 Å². The molecule has 8 aromatic carbocycles. The molecule has 11 rings (SSSR count). The van der Waals surface area contributed by atoms with Crippen LogP contribution < -0.4 is 0 Å². The second kappa shape index (κ2) is 13.5. The van der Waals surface area contributed by atoms with Crippen LogP contribution in [0.4, 0.5) is 0 Å². The maximum absolute atomic E-state index is 5.11. The van der Waals surface area contributed by atoms with Gasteiger partial charge in [0.2, 0.25) is 0 Å². The summed E-state index contributed by atoms with van der Waals surface area (Å²) in [5.74, 6) is 0. The van der Waals surface area contributed by atoms with Crippen LogP contribution in [-0.4, -0.2) is 4.98 Å². The number of benzene rings is 8. The number of aryl methyl sites for hydroxylation is 1. The number of fused-ring (bicyclic) bond motifs is 9. The van der Waals surface area contributed by atoms with Crippen molar-refractivity contribution in [1.82, 2.24) is 4.98 Å². The minimum Gasteiger partial charge on any atom is -0.248 e. The Balaban J connectivity index is 1.00. The zero-order chi connectivity index (χ0) is 37.9. The molecule has 57 heavy (non-hydrogen) atoms. The molecule has 2 heterocycles. The molecule has 2 aliphatic rings. The number of aromatic nitrogens is 1. The summed E-state index contributed by atoms with van der Waals surface area (Å²) in [7, 11) is 0. The van der Waals surface area contributed by atoms with E-state index in [4.69, 9.17) is 4.98 Å². The van der Waals surface area contributed by atoms with Gasteiger partial charge in [-0.1, -0.05) is 182 Å². The summed E-state index contributed by atoms with van der Waals surface area (Å²) < 4.78 is 0. The molecule has 0 atom stereocenters. The maximum atomic E-state index is 5.11. The van der Waals surface area contributed by atoms with Gasteiger partial charge in [-0.2, -0.15) is 0 Å². The highest BCUT2D eigenvalue weighted by atomic mass is 32.2. The smallest absolute Gasteiger partial charge is 0.0735 e. The van der Waals surface area contributed by atoms with Crippen molar-refractivity contribution in [3.05, 3.63) is 234 Å². The fraction of sp³-hybridized carbons (Fsp3) is 0.0364. The Bertz CT molecular complexity index is 2900. The quantitative estimate of drug-likeness (QED) is 0.174. The SMILES string of the molecule is Cc1cc(-c2ccc3c(c2)C2(c4ccccc4S3)c3ccccc3-c3ccccc32)ccc1-c1cccc(-c2cc(-c3ccccc3)nc(-c3ccccc3)c2)c1. The predicted molar refractivity (Wildman–Crippen MR) is 238 cm³/mol. The monoisotopic (exact) mass is 743 g/mol. The molecular formula is C55H37NS. The van der Waals surface area contributed by atoms with Gasteiger partial charge in [0.25, 0.3) is 0 Å². The van der Waals surface area contributed by atoms with E-state index in [1.807, 2.05) is 11.8 Å². The van der Waals surface area contributed by atoms with Crippen LogP contribution in [0.25, 0.3) is 67.0 Å². The van der Waals surface area contributed by atoms with Crippen molar-refractivity contribution >= 4 is 11.8 Å². The van der Waals surface area contributed by atoms with Gasteiger partial charge < -0.3 is 0 Å². The normalized spacial score (nSPS) is 13.1. The highest BCUT2D eigenvalue weighted by Gasteiger charge is 2.50. The molecule has 0 unspecified atom stereocenters. The summed E-state index contributed by atoms with van der Waals surface area (Å²) in [4.78, 5) is 7.76. The third-order valence-corrected chi connectivity index (χ3v) is 13.0.